The zero-order valence-corrected chi connectivity index (χ0v) is 10.8. The Morgan fingerprint density at radius 1 is 1.62 bits per heavy atom. The minimum Gasteiger partial charge on any atom is -0.395 e. The standard InChI is InChI=1S/C11H22N2O2S/c1-16-9-11(15)12-7-10-3-2-4-13(8-10)5-6-14/h10,14H,2-9H2,1H3,(H,12,15)/t10-/m0/s1. The molecule has 1 heterocycles. The highest BCUT2D eigenvalue weighted by Crippen LogP contribution is 2.15. The summed E-state index contributed by atoms with van der Waals surface area (Å²) in [5.74, 6) is 1.23. The molecule has 5 heteroatoms. The van der Waals surface area contributed by atoms with Crippen molar-refractivity contribution in [2.45, 2.75) is 12.8 Å². The van der Waals surface area contributed by atoms with Crippen LogP contribution in [0.1, 0.15) is 12.8 Å². The summed E-state index contributed by atoms with van der Waals surface area (Å²) >= 11 is 1.55. The van der Waals surface area contributed by atoms with Gasteiger partial charge in [0.05, 0.1) is 12.4 Å². The molecule has 1 aliphatic rings. The summed E-state index contributed by atoms with van der Waals surface area (Å²) in [5.41, 5.74) is 0. The molecular formula is C11H22N2O2S. The van der Waals surface area contributed by atoms with Gasteiger partial charge in [-0.1, -0.05) is 0 Å². The Morgan fingerprint density at radius 3 is 3.12 bits per heavy atom. The Hall–Kier alpha value is -0.260. The van der Waals surface area contributed by atoms with Crippen LogP contribution in [0.25, 0.3) is 0 Å². The van der Waals surface area contributed by atoms with E-state index in [1.54, 1.807) is 11.8 Å². The molecule has 0 aliphatic carbocycles. The van der Waals surface area contributed by atoms with Crippen LogP contribution in [-0.2, 0) is 4.79 Å². The number of piperidine rings is 1. The summed E-state index contributed by atoms with van der Waals surface area (Å²) in [5, 5.41) is 11.8. The second kappa shape index (κ2) is 7.92. The molecule has 16 heavy (non-hydrogen) atoms. The quantitative estimate of drug-likeness (QED) is 0.701. The molecule has 1 fully saturated rings. The van der Waals surface area contributed by atoms with E-state index in [1.807, 2.05) is 6.26 Å². The van der Waals surface area contributed by atoms with E-state index in [9.17, 15) is 4.79 Å². The van der Waals surface area contributed by atoms with Gasteiger partial charge in [0.1, 0.15) is 0 Å². The number of hydrogen-bond donors (Lipinski definition) is 2. The highest BCUT2D eigenvalue weighted by Gasteiger charge is 2.19. The van der Waals surface area contributed by atoms with Gasteiger partial charge in [-0.25, -0.2) is 0 Å². The molecule has 2 N–H and O–H groups in total. The number of likely N-dealkylation sites (tertiary alicyclic amines) is 1. The van der Waals surface area contributed by atoms with Crippen molar-refractivity contribution in [1.82, 2.24) is 10.2 Å². The van der Waals surface area contributed by atoms with Crippen LogP contribution in [0.2, 0.25) is 0 Å². The third kappa shape index (κ3) is 5.18. The van der Waals surface area contributed by atoms with Gasteiger partial charge in [0.25, 0.3) is 0 Å². The van der Waals surface area contributed by atoms with Crippen molar-refractivity contribution in [1.29, 1.82) is 0 Å². The van der Waals surface area contributed by atoms with Crippen LogP contribution in [0.15, 0.2) is 0 Å². The van der Waals surface area contributed by atoms with E-state index in [0.29, 0.717) is 11.7 Å². The van der Waals surface area contributed by atoms with Crippen LogP contribution in [0.5, 0.6) is 0 Å². The summed E-state index contributed by atoms with van der Waals surface area (Å²) in [6.07, 6.45) is 4.29. The van der Waals surface area contributed by atoms with E-state index in [0.717, 1.165) is 26.2 Å². The Balaban J connectivity index is 2.18. The number of thioether (sulfide) groups is 1. The maximum absolute atomic E-state index is 11.3. The number of β-amino-alcohol motifs (C(OH)–C–C–N with tert-alkyl or cyclic N) is 1. The van der Waals surface area contributed by atoms with Crippen LogP contribution in [0.3, 0.4) is 0 Å². The van der Waals surface area contributed by atoms with Gasteiger partial charge >= 0.3 is 0 Å². The molecule has 0 aromatic carbocycles. The zero-order chi connectivity index (χ0) is 11.8. The Morgan fingerprint density at radius 2 is 2.44 bits per heavy atom. The lowest BCUT2D eigenvalue weighted by atomic mass is 9.98. The van der Waals surface area contributed by atoms with Crippen molar-refractivity contribution in [2.75, 3.05) is 44.8 Å². The van der Waals surface area contributed by atoms with E-state index in [1.165, 1.54) is 12.8 Å². The third-order valence-corrected chi connectivity index (χ3v) is 3.43. The second-order valence-electron chi connectivity index (χ2n) is 4.27. The summed E-state index contributed by atoms with van der Waals surface area (Å²) in [7, 11) is 0. The van der Waals surface area contributed by atoms with E-state index >= 15 is 0 Å². The molecule has 1 atom stereocenters. The van der Waals surface area contributed by atoms with Crippen LogP contribution in [0, 0.1) is 5.92 Å². The van der Waals surface area contributed by atoms with Gasteiger partial charge in [-0.05, 0) is 31.6 Å². The van der Waals surface area contributed by atoms with E-state index in [-0.39, 0.29) is 12.5 Å². The minimum absolute atomic E-state index is 0.131. The van der Waals surface area contributed by atoms with Gasteiger partial charge in [0, 0.05) is 19.6 Å². The SMILES string of the molecule is CSCC(=O)NC[C@@H]1CCCN(CCO)C1. The zero-order valence-electron chi connectivity index (χ0n) is 9.95. The lowest BCUT2D eigenvalue weighted by Crippen LogP contribution is -2.42. The van der Waals surface area contributed by atoms with Crippen molar-refractivity contribution in [3.63, 3.8) is 0 Å². The molecular weight excluding hydrogens is 224 g/mol. The predicted octanol–water partition coefficient (Wildman–Crippen LogP) is 0.170. The second-order valence-corrected chi connectivity index (χ2v) is 5.14. The number of carbonyl (C=O) groups excluding carboxylic acids is 1. The lowest BCUT2D eigenvalue weighted by molar-refractivity contribution is -0.118. The number of amides is 1. The summed E-state index contributed by atoms with van der Waals surface area (Å²) in [6, 6.07) is 0. The van der Waals surface area contributed by atoms with E-state index in [2.05, 4.69) is 10.2 Å². The predicted molar refractivity (Wildman–Crippen MR) is 67.6 cm³/mol. The number of hydrogen-bond acceptors (Lipinski definition) is 4. The first-order chi connectivity index (χ1) is 7.76. The normalized spacial score (nSPS) is 22.0. The van der Waals surface area contributed by atoms with Crippen molar-refractivity contribution in [3.05, 3.63) is 0 Å². The van der Waals surface area contributed by atoms with Gasteiger partial charge < -0.3 is 15.3 Å². The third-order valence-electron chi connectivity index (χ3n) is 2.88. The molecule has 0 bridgehead atoms. The molecule has 1 amide bonds. The monoisotopic (exact) mass is 246 g/mol. The summed E-state index contributed by atoms with van der Waals surface area (Å²) < 4.78 is 0. The topological polar surface area (TPSA) is 52.6 Å². The lowest BCUT2D eigenvalue weighted by Gasteiger charge is -2.32. The van der Waals surface area contributed by atoms with Gasteiger partial charge in [0.15, 0.2) is 0 Å². The minimum atomic E-state index is 0.131. The first-order valence-corrected chi connectivity index (χ1v) is 7.24. The molecule has 0 aromatic heterocycles. The van der Waals surface area contributed by atoms with Gasteiger partial charge in [-0.15, -0.1) is 0 Å². The number of nitrogens with one attached hydrogen (secondary N) is 1. The van der Waals surface area contributed by atoms with Gasteiger partial charge in [-0.3, -0.25) is 4.79 Å². The van der Waals surface area contributed by atoms with Crippen LogP contribution in [0.4, 0.5) is 0 Å². The number of rotatable bonds is 6. The molecule has 4 nitrogen and oxygen atoms in total. The highest BCUT2D eigenvalue weighted by atomic mass is 32.2. The molecule has 94 valence electrons. The smallest absolute Gasteiger partial charge is 0.229 e. The Bertz CT molecular complexity index is 212. The van der Waals surface area contributed by atoms with Crippen molar-refractivity contribution in [2.24, 2.45) is 5.92 Å². The molecule has 0 radical (unpaired) electrons. The molecule has 0 spiro atoms. The summed E-state index contributed by atoms with van der Waals surface area (Å²) in [4.78, 5) is 13.6. The first-order valence-electron chi connectivity index (χ1n) is 5.85. The molecule has 0 saturated carbocycles. The van der Waals surface area contributed by atoms with Crippen molar-refractivity contribution < 1.29 is 9.90 Å². The molecule has 0 unspecified atom stereocenters. The number of nitrogens with zero attached hydrogens (tertiary/aromatic N) is 1. The largest absolute Gasteiger partial charge is 0.395 e. The van der Waals surface area contributed by atoms with Gasteiger partial charge in [-0.2, -0.15) is 11.8 Å². The Kier molecular flexibility index (Phi) is 6.84. The molecule has 0 aromatic rings. The molecule has 1 rings (SSSR count). The summed E-state index contributed by atoms with van der Waals surface area (Å²) in [6.45, 7) is 3.85. The average molecular weight is 246 g/mol. The van der Waals surface area contributed by atoms with E-state index < -0.39 is 0 Å². The molecule has 1 saturated heterocycles. The number of carbonyl (C=O) groups is 1. The molecule has 1 aliphatic heterocycles. The van der Waals surface area contributed by atoms with Crippen molar-refractivity contribution >= 4 is 17.7 Å². The Labute approximate surface area is 102 Å². The average Bonchev–Trinajstić information content (AvgIpc) is 2.28. The fourth-order valence-corrected chi connectivity index (χ4v) is 2.47. The van der Waals surface area contributed by atoms with E-state index in [4.69, 9.17) is 5.11 Å². The van der Waals surface area contributed by atoms with Crippen LogP contribution in [-0.4, -0.2) is 60.7 Å². The van der Waals surface area contributed by atoms with Crippen molar-refractivity contribution in [3.8, 4) is 0 Å². The fraction of sp³-hybridized carbons (Fsp3) is 0.909. The highest BCUT2D eigenvalue weighted by molar-refractivity contribution is 7.99. The number of aliphatic hydroxyl groups excluding tert-OH is 1. The van der Waals surface area contributed by atoms with Crippen LogP contribution < -0.4 is 5.32 Å². The fourth-order valence-electron chi connectivity index (χ4n) is 2.10. The maximum atomic E-state index is 11.3. The van der Waals surface area contributed by atoms with Gasteiger partial charge in [0.2, 0.25) is 5.91 Å². The van der Waals surface area contributed by atoms with Crippen LogP contribution >= 0.6 is 11.8 Å². The first kappa shape index (κ1) is 13.8. The maximum Gasteiger partial charge on any atom is 0.229 e. The number of aliphatic hydroxyl groups is 1.